The Labute approximate surface area is 107 Å². The third-order valence-corrected chi connectivity index (χ3v) is 3.59. The minimum atomic E-state index is -0.895. The van der Waals surface area contributed by atoms with E-state index in [9.17, 15) is 4.79 Å². The van der Waals surface area contributed by atoms with Gasteiger partial charge in [-0.15, -0.1) is 0 Å². The number of likely N-dealkylation sites (tertiary alicyclic amines) is 1. The Morgan fingerprint density at radius 1 is 1.56 bits per heavy atom. The number of carboxylic acid groups (broad SMARTS) is 1. The molecule has 1 saturated heterocycles. The molecule has 0 aromatic heterocycles. The second-order valence-electron chi connectivity index (χ2n) is 4.79. The van der Waals surface area contributed by atoms with Crippen LogP contribution in [0, 0.1) is 0 Å². The van der Waals surface area contributed by atoms with Gasteiger partial charge < -0.3 is 9.84 Å². The third-order valence-electron chi connectivity index (χ3n) is 3.59. The van der Waals surface area contributed by atoms with Gasteiger partial charge in [-0.3, -0.25) is 4.90 Å². The molecule has 0 bridgehead atoms. The van der Waals surface area contributed by atoms with E-state index in [-0.39, 0.29) is 0 Å². The van der Waals surface area contributed by atoms with Gasteiger partial charge in [0.2, 0.25) is 0 Å². The first-order valence-corrected chi connectivity index (χ1v) is 6.26. The lowest BCUT2D eigenvalue weighted by atomic mass is 10.1. The highest BCUT2D eigenvalue weighted by Crippen LogP contribution is 2.25. The zero-order chi connectivity index (χ0) is 13.1. The molecule has 1 aliphatic rings. The molecule has 1 aliphatic heterocycles. The number of aromatic carboxylic acids is 1. The number of methoxy groups -OCH3 is 1. The number of carbonyl (C=O) groups is 1. The normalized spacial score (nSPS) is 20.0. The van der Waals surface area contributed by atoms with Crippen LogP contribution in [0.4, 0.5) is 0 Å². The number of rotatable bonds is 4. The fourth-order valence-electron chi connectivity index (χ4n) is 2.48. The van der Waals surface area contributed by atoms with E-state index >= 15 is 0 Å². The van der Waals surface area contributed by atoms with E-state index in [1.165, 1.54) is 12.8 Å². The Kier molecular flexibility index (Phi) is 3.87. The molecule has 1 fully saturated rings. The highest BCUT2D eigenvalue weighted by molar-refractivity contribution is 5.88. The van der Waals surface area contributed by atoms with Gasteiger partial charge in [-0.1, -0.05) is 0 Å². The van der Waals surface area contributed by atoms with Crippen molar-refractivity contribution in [3.05, 3.63) is 29.3 Å². The summed E-state index contributed by atoms with van der Waals surface area (Å²) in [6.07, 6.45) is 2.42. The Morgan fingerprint density at radius 3 is 2.89 bits per heavy atom. The lowest BCUT2D eigenvalue weighted by Gasteiger charge is -2.22. The van der Waals surface area contributed by atoms with Crippen LogP contribution in [0.5, 0.6) is 5.75 Å². The maximum absolute atomic E-state index is 11.0. The number of nitrogens with zero attached hydrogens (tertiary/aromatic N) is 1. The monoisotopic (exact) mass is 249 g/mol. The fraction of sp³-hybridized carbons (Fsp3) is 0.500. The smallest absolute Gasteiger partial charge is 0.335 e. The zero-order valence-corrected chi connectivity index (χ0v) is 10.8. The summed E-state index contributed by atoms with van der Waals surface area (Å²) in [4.78, 5) is 13.4. The Morgan fingerprint density at radius 2 is 2.33 bits per heavy atom. The summed E-state index contributed by atoms with van der Waals surface area (Å²) in [7, 11) is 1.62. The molecule has 1 heterocycles. The number of carboxylic acids is 1. The predicted molar refractivity (Wildman–Crippen MR) is 69.1 cm³/mol. The van der Waals surface area contributed by atoms with Gasteiger partial charge >= 0.3 is 5.97 Å². The molecule has 1 unspecified atom stereocenters. The zero-order valence-electron chi connectivity index (χ0n) is 10.8. The molecule has 0 aliphatic carbocycles. The Bertz CT molecular complexity index is 445. The molecule has 0 saturated carbocycles. The van der Waals surface area contributed by atoms with Crippen molar-refractivity contribution in [3.63, 3.8) is 0 Å². The minimum absolute atomic E-state index is 0.317. The molecular formula is C14H19NO3. The lowest BCUT2D eigenvalue weighted by molar-refractivity contribution is 0.0696. The van der Waals surface area contributed by atoms with Crippen molar-refractivity contribution < 1.29 is 14.6 Å². The van der Waals surface area contributed by atoms with Gasteiger partial charge in [0.1, 0.15) is 5.75 Å². The van der Waals surface area contributed by atoms with E-state index in [0.29, 0.717) is 11.6 Å². The summed E-state index contributed by atoms with van der Waals surface area (Å²) in [5, 5.41) is 9.03. The molecular weight excluding hydrogens is 230 g/mol. The summed E-state index contributed by atoms with van der Waals surface area (Å²) in [5.41, 5.74) is 1.27. The molecule has 4 heteroatoms. The molecule has 98 valence electrons. The minimum Gasteiger partial charge on any atom is -0.496 e. The van der Waals surface area contributed by atoms with E-state index in [1.54, 1.807) is 25.3 Å². The highest BCUT2D eigenvalue weighted by atomic mass is 16.5. The van der Waals surface area contributed by atoms with Crippen LogP contribution in [-0.4, -0.2) is 35.7 Å². The molecule has 1 N–H and O–H groups in total. The van der Waals surface area contributed by atoms with E-state index in [0.717, 1.165) is 24.4 Å². The molecule has 1 aromatic rings. The van der Waals surface area contributed by atoms with Crippen molar-refractivity contribution >= 4 is 5.97 Å². The van der Waals surface area contributed by atoms with Crippen LogP contribution in [0.2, 0.25) is 0 Å². The second kappa shape index (κ2) is 5.40. The third kappa shape index (κ3) is 2.64. The van der Waals surface area contributed by atoms with Gasteiger partial charge in [0.15, 0.2) is 0 Å². The van der Waals surface area contributed by atoms with Crippen molar-refractivity contribution in [2.45, 2.75) is 32.4 Å². The maximum atomic E-state index is 11.0. The summed E-state index contributed by atoms with van der Waals surface area (Å²) >= 11 is 0. The number of hydrogen-bond acceptors (Lipinski definition) is 3. The average Bonchev–Trinajstić information content (AvgIpc) is 2.75. The second-order valence-corrected chi connectivity index (χ2v) is 4.79. The van der Waals surface area contributed by atoms with E-state index in [2.05, 4.69) is 11.8 Å². The maximum Gasteiger partial charge on any atom is 0.335 e. The summed E-state index contributed by atoms with van der Waals surface area (Å²) in [5.74, 6) is -0.132. The summed E-state index contributed by atoms with van der Waals surface area (Å²) in [6.45, 7) is 4.04. The standard InChI is InChI=1S/C14H19NO3/c1-10-4-3-7-15(10)9-12-8-11(14(16)17)5-6-13(12)18-2/h5-6,8,10H,3-4,7,9H2,1-2H3,(H,16,17). The molecule has 0 radical (unpaired) electrons. The molecule has 1 atom stereocenters. The van der Waals surface area contributed by atoms with E-state index < -0.39 is 5.97 Å². The molecule has 0 amide bonds. The average molecular weight is 249 g/mol. The Hall–Kier alpha value is -1.55. The van der Waals surface area contributed by atoms with Crippen molar-refractivity contribution in [2.24, 2.45) is 0 Å². The number of ether oxygens (including phenoxy) is 1. The molecule has 0 spiro atoms. The largest absolute Gasteiger partial charge is 0.496 e. The quantitative estimate of drug-likeness (QED) is 0.890. The van der Waals surface area contributed by atoms with Gasteiger partial charge in [0.25, 0.3) is 0 Å². The van der Waals surface area contributed by atoms with Crippen LogP contribution in [0.25, 0.3) is 0 Å². The first-order chi connectivity index (χ1) is 8.61. The summed E-state index contributed by atoms with van der Waals surface area (Å²) < 4.78 is 5.31. The SMILES string of the molecule is COc1ccc(C(=O)O)cc1CN1CCCC1C. The van der Waals surface area contributed by atoms with Crippen molar-refractivity contribution in [1.82, 2.24) is 4.90 Å². The molecule has 1 aromatic carbocycles. The Balaban J connectivity index is 2.23. The topological polar surface area (TPSA) is 49.8 Å². The number of benzene rings is 1. The number of hydrogen-bond donors (Lipinski definition) is 1. The molecule has 4 nitrogen and oxygen atoms in total. The van der Waals surface area contributed by atoms with Crippen LogP contribution in [0.3, 0.4) is 0 Å². The van der Waals surface area contributed by atoms with Gasteiger partial charge in [-0.05, 0) is 44.5 Å². The van der Waals surface area contributed by atoms with Gasteiger partial charge in [-0.2, -0.15) is 0 Å². The van der Waals surface area contributed by atoms with E-state index in [1.807, 2.05) is 0 Å². The van der Waals surface area contributed by atoms with Crippen molar-refractivity contribution in [3.8, 4) is 5.75 Å². The van der Waals surface area contributed by atoms with Crippen LogP contribution in [-0.2, 0) is 6.54 Å². The molecule has 2 rings (SSSR count). The first kappa shape index (κ1) is 12.9. The van der Waals surface area contributed by atoms with E-state index in [4.69, 9.17) is 9.84 Å². The van der Waals surface area contributed by atoms with Gasteiger partial charge in [0.05, 0.1) is 12.7 Å². The van der Waals surface area contributed by atoms with Crippen molar-refractivity contribution in [1.29, 1.82) is 0 Å². The first-order valence-electron chi connectivity index (χ1n) is 6.26. The van der Waals surface area contributed by atoms with Gasteiger partial charge in [0, 0.05) is 18.2 Å². The van der Waals surface area contributed by atoms with Crippen molar-refractivity contribution in [2.75, 3.05) is 13.7 Å². The van der Waals surface area contributed by atoms with Crippen LogP contribution in [0.1, 0.15) is 35.7 Å². The van der Waals surface area contributed by atoms with Crippen LogP contribution >= 0.6 is 0 Å². The van der Waals surface area contributed by atoms with Gasteiger partial charge in [-0.25, -0.2) is 4.79 Å². The summed E-state index contributed by atoms with van der Waals surface area (Å²) in [6, 6.07) is 5.59. The highest BCUT2D eigenvalue weighted by Gasteiger charge is 2.21. The van der Waals surface area contributed by atoms with Crippen LogP contribution < -0.4 is 4.74 Å². The fourth-order valence-corrected chi connectivity index (χ4v) is 2.48. The predicted octanol–water partition coefficient (Wildman–Crippen LogP) is 2.38. The molecule has 18 heavy (non-hydrogen) atoms. The van der Waals surface area contributed by atoms with Crippen LogP contribution in [0.15, 0.2) is 18.2 Å². The lowest BCUT2D eigenvalue weighted by Crippen LogP contribution is -2.26.